The maximum atomic E-state index is 12.2. The van der Waals surface area contributed by atoms with E-state index in [1.54, 1.807) is 0 Å². The van der Waals surface area contributed by atoms with Gasteiger partial charge in [-0.2, -0.15) is 0 Å². The van der Waals surface area contributed by atoms with Gasteiger partial charge in [0, 0.05) is 0 Å². The highest BCUT2D eigenvalue weighted by atomic mass is 19.3. The highest BCUT2D eigenvalue weighted by molar-refractivity contribution is 5.89. The highest BCUT2D eigenvalue weighted by Gasteiger charge is 2.19. The molecular formula is C7H6F2N2O2. The smallest absolute Gasteiger partial charge is 0.337 e. The predicted molar refractivity (Wildman–Crippen MR) is 40.6 cm³/mol. The summed E-state index contributed by atoms with van der Waals surface area (Å²) < 4.78 is 24.4. The molecule has 0 saturated heterocycles. The zero-order valence-electron chi connectivity index (χ0n) is 6.37. The number of rotatable bonds is 2. The summed E-state index contributed by atoms with van der Waals surface area (Å²) in [5.41, 5.74) is 3.81. The van der Waals surface area contributed by atoms with Crippen LogP contribution in [0.2, 0.25) is 0 Å². The third-order valence-corrected chi connectivity index (χ3v) is 1.38. The second-order valence-corrected chi connectivity index (χ2v) is 2.27. The summed E-state index contributed by atoms with van der Waals surface area (Å²) in [5, 5.41) is 8.49. The first-order valence-corrected chi connectivity index (χ1v) is 3.30. The van der Waals surface area contributed by atoms with Crippen molar-refractivity contribution < 1.29 is 18.7 Å². The van der Waals surface area contributed by atoms with E-state index in [1.807, 2.05) is 0 Å². The second-order valence-electron chi connectivity index (χ2n) is 2.27. The summed E-state index contributed by atoms with van der Waals surface area (Å²) in [7, 11) is 0. The van der Waals surface area contributed by atoms with E-state index >= 15 is 0 Å². The predicted octanol–water partition coefficient (Wildman–Crippen LogP) is 1.30. The standard InChI is InChI=1S/C7H6F2N2O2/c8-6(9)5-3(7(12)13)1-2-4(10)11-5/h1-2,6H,(H2,10,11)(H,12,13). The molecule has 70 valence electrons. The molecule has 0 amide bonds. The molecule has 0 aliphatic carbocycles. The second kappa shape index (κ2) is 3.34. The Bertz CT molecular complexity index is 341. The number of alkyl halides is 2. The lowest BCUT2D eigenvalue weighted by atomic mass is 10.2. The van der Waals surface area contributed by atoms with Crippen molar-refractivity contribution in [1.29, 1.82) is 0 Å². The number of aromatic nitrogens is 1. The molecule has 0 spiro atoms. The molecule has 0 fully saturated rings. The van der Waals surface area contributed by atoms with Crippen LogP contribution in [0.4, 0.5) is 14.6 Å². The van der Waals surface area contributed by atoms with E-state index in [2.05, 4.69) is 4.98 Å². The summed E-state index contributed by atoms with van der Waals surface area (Å²) in [4.78, 5) is 13.7. The van der Waals surface area contributed by atoms with Gasteiger partial charge >= 0.3 is 5.97 Å². The van der Waals surface area contributed by atoms with Gasteiger partial charge in [0.15, 0.2) is 0 Å². The van der Waals surface area contributed by atoms with Gasteiger partial charge in [-0.3, -0.25) is 0 Å². The number of carbonyl (C=O) groups is 1. The molecule has 1 rings (SSSR count). The van der Waals surface area contributed by atoms with Gasteiger partial charge in [0.1, 0.15) is 11.5 Å². The van der Waals surface area contributed by atoms with E-state index in [4.69, 9.17) is 10.8 Å². The number of hydrogen-bond acceptors (Lipinski definition) is 3. The van der Waals surface area contributed by atoms with Crippen molar-refractivity contribution in [2.45, 2.75) is 6.43 Å². The van der Waals surface area contributed by atoms with Gasteiger partial charge in [-0.1, -0.05) is 0 Å². The number of pyridine rings is 1. The Kier molecular flexibility index (Phi) is 2.41. The van der Waals surface area contributed by atoms with Gasteiger partial charge in [0.05, 0.1) is 5.56 Å². The van der Waals surface area contributed by atoms with E-state index < -0.39 is 23.7 Å². The number of halogens is 2. The van der Waals surface area contributed by atoms with Crippen molar-refractivity contribution in [2.24, 2.45) is 0 Å². The van der Waals surface area contributed by atoms with Crippen LogP contribution in [-0.2, 0) is 0 Å². The van der Waals surface area contributed by atoms with E-state index in [0.29, 0.717) is 0 Å². The topological polar surface area (TPSA) is 76.2 Å². The molecule has 0 unspecified atom stereocenters. The van der Waals surface area contributed by atoms with Crippen LogP contribution in [-0.4, -0.2) is 16.1 Å². The number of nitrogens with two attached hydrogens (primary N) is 1. The minimum atomic E-state index is -2.94. The lowest BCUT2D eigenvalue weighted by Crippen LogP contribution is -2.06. The molecule has 0 saturated carbocycles. The third-order valence-electron chi connectivity index (χ3n) is 1.38. The quantitative estimate of drug-likeness (QED) is 0.733. The molecule has 4 nitrogen and oxygen atoms in total. The summed E-state index contributed by atoms with van der Waals surface area (Å²) in [5.74, 6) is -1.57. The van der Waals surface area contributed by atoms with Gasteiger partial charge in [-0.25, -0.2) is 18.6 Å². The van der Waals surface area contributed by atoms with E-state index in [0.717, 1.165) is 12.1 Å². The molecule has 1 aromatic rings. The summed E-state index contributed by atoms with van der Waals surface area (Å²) in [6, 6.07) is 2.17. The fourth-order valence-corrected chi connectivity index (χ4v) is 0.838. The van der Waals surface area contributed by atoms with Gasteiger partial charge < -0.3 is 10.8 Å². The summed E-state index contributed by atoms with van der Waals surface area (Å²) >= 11 is 0. The molecule has 0 aliphatic heterocycles. The molecule has 6 heteroatoms. The van der Waals surface area contributed by atoms with Crippen LogP contribution in [0.3, 0.4) is 0 Å². The minimum Gasteiger partial charge on any atom is -0.478 e. The van der Waals surface area contributed by atoms with Crippen molar-refractivity contribution in [3.05, 3.63) is 23.4 Å². The number of nitrogen functional groups attached to an aromatic ring is 1. The lowest BCUT2D eigenvalue weighted by molar-refractivity contribution is 0.0682. The first-order chi connectivity index (χ1) is 6.02. The number of anilines is 1. The monoisotopic (exact) mass is 188 g/mol. The first-order valence-electron chi connectivity index (χ1n) is 3.30. The van der Waals surface area contributed by atoms with Gasteiger partial charge in [0.25, 0.3) is 6.43 Å². The average Bonchev–Trinajstić information content (AvgIpc) is 2.03. The molecule has 1 aromatic heterocycles. The Morgan fingerprint density at radius 3 is 2.62 bits per heavy atom. The van der Waals surface area contributed by atoms with E-state index in [9.17, 15) is 13.6 Å². The largest absolute Gasteiger partial charge is 0.478 e. The molecule has 0 atom stereocenters. The van der Waals surface area contributed by atoms with E-state index in [-0.39, 0.29) is 5.82 Å². The Morgan fingerprint density at radius 2 is 2.15 bits per heavy atom. The lowest BCUT2D eigenvalue weighted by Gasteiger charge is -2.03. The molecular weight excluding hydrogens is 182 g/mol. The zero-order chi connectivity index (χ0) is 10.0. The van der Waals surface area contributed by atoms with Crippen LogP contribution in [0.25, 0.3) is 0 Å². The molecule has 0 aromatic carbocycles. The maximum Gasteiger partial charge on any atom is 0.337 e. The maximum absolute atomic E-state index is 12.2. The van der Waals surface area contributed by atoms with Crippen LogP contribution in [0, 0.1) is 0 Å². The van der Waals surface area contributed by atoms with E-state index in [1.165, 1.54) is 0 Å². The molecule has 1 heterocycles. The molecule has 13 heavy (non-hydrogen) atoms. The number of nitrogens with zero attached hydrogens (tertiary/aromatic N) is 1. The van der Waals surface area contributed by atoms with Gasteiger partial charge in [-0.15, -0.1) is 0 Å². The van der Waals surface area contributed by atoms with Crippen molar-refractivity contribution in [3.8, 4) is 0 Å². The third kappa shape index (κ3) is 1.90. The van der Waals surface area contributed by atoms with Crippen LogP contribution in [0.15, 0.2) is 12.1 Å². The van der Waals surface area contributed by atoms with Crippen molar-refractivity contribution >= 4 is 11.8 Å². The fraction of sp³-hybridized carbons (Fsp3) is 0.143. The summed E-state index contributed by atoms with van der Waals surface area (Å²) in [6.07, 6.45) is -2.94. The highest BCUT2D eigenvalue weighted by Crippen LogP contribution is 2.21. The van der Waals surface area contributed by atoms with Crippen molar-refractivity contribution in [3.63, 3.8) is 0 Å². The molecule has 0 aliphatic rings. The normalized spacial score (nSPS) is 10.4. The van der Waals surface area contributed by atoms with Crippen LogP contribution in [0.5, 0.6) is 0 Å². The molecule has 0 bridgehead atoms. The number of aromatic carboxylic acids is 1. The SMILES string of the molecule is Nc1ccc(C(=O)O)c(C(F)F)n1. The van der Waals surface area contributed by atoms with Crippen LogP contribution >= 0.6 is 0 Å². The number of hydrogen-bond donors (Lipinski definition) is 2. The van der Waals surface area contributed by atoms with Crippen molar-refractivity contribution in [1.82, 2.24) is 4.98 Å². The van der Waals surface area contributed by atoms with Crippen LogP contribution < -0.4 is 5.73 Å². The first kappa shape index (κ1) is 9.37. The minimum absolute atomic E-state index is 0.125. The molecule has 3 N–H and O–H groups in total. The summed E-state index contributed by atoms with van der Waals surface area (Å²) in [6.45, 7) is 0. The average molecular weight is 188 g/mol. The Labute approximate surface area is 72.0 Å². The Balaban J connectivity index is 3.26. The van der Waals surface area contributed by atoms with Gasteiger partial charge in [0.2, 0.25) is 0 Å². The van der Waals surface area contributed by atoms with Crippen LogP contribution in [0.1, 0.15) is 22.5 Å². The van der Waals surface area contributed by atoms with Crippen molar-refractivity contribution in [2.75, 3.05) is 5.73 Å². The Hall–Kier alpha value is -1.72. The van der Waals surface area contributed by atoms with Gasteiger partial charge in [-0.05, 0) is 12.1 Å². The molecule has 0 radical (unpaired) electrons. The number of carboxylic acids is 1. The Morgan fingerprint density at radius 1 is 1.54 bits per heavy atom. The fourth-order valence-electron chi connectivity index (χ4n) is 0.838. The number of carboxylic acid groups (broad SMARTS) is 1. The zero-order valence-corrected chi connectivity index (χ0v) is 6.37.